The van der Waals surface area contributed by atoms with Crippen LogP contribution in [-0.4, -0.2) is 29.6 Å². The predicted molar refractivity (Wildman–Crippen MR) is 74.2 cm³/mol. The predicted octanol–water partition coefficient (Wildman–Crippen LogP) is 0.976. The number of rotatable bonds is 5. The molecule has 1 amide bonds. The molecule has 0 radical (unpaired) electrons. The molecule has 0 atom stereocenters. The normalized spacial score (nSPS) is 10.5. The number of nitrogen functional groups attached to an aromatic ring is 1. The van der Waals surface area contributed by atoms with E-state index in [1.165, 1.54) is 6.07 Å². The number of aryl methyl sites for hydroxylation is 1. The highest BCUT2D eigenvalue weighted by atomic mass is 16.4. The number of carboxylic acid groups (broad SMARTS) is 1. The van der Waals surface area contributed by atoms with E-state index in [4.69, 9.17) is 16.6 Å². The van der Waals surface area contributed by atoms with Gasteiger partial charge in [0.25, 0.3) is 0 Å². The maximum absolute atomic E-state index is 11.2. The van der Waals surface area contributed by atoms with Gasteiger partial charge in [0.05, 0.1) is 12.1 Å². The van der Waals surface area contributed by atoms with Gasteiger partial charge >= 0.3 is 5.97 Å². The van der Waals surface area contributed by atoms with Crippen LogP contribution in [0.4, 0.5) is 11.4 Å². The molecule has 6 nitrogen and oxygen atoms in total. The summed E-state index contributed by atoms with van der Waals surface area (Å²) in [6.45, 7) is 5.55. The molecule has 0 aromatic heterocycles. The monoisotopic (exact) mass is 265 g/mol. The number of aromatic carboxylic acids is 1. The van der Waals surface area contributed by atoms with Gasteiger partial charge in [0.15, 0.2) is 0 Å². The maximum Gasteiger partial charge on any atom is 0.337 e. The molecule has 1 rings (SSSR count). The van der Waals surface area contributed by atoms with Gasteiger partial charge in [-0.3, -0.25) is 4.79 Å². The van der Waals surface area contributed by atoms with Crippen molar-refractivity contribution in [3.63, 3.8) is 0 Å². The summed E-state index contributed by atoms with van der Waals surface area (Å²) in [5, 5.41) is 9.13. The van der Waals surface area contributed by atoms with Gasteiger partial charge in [0.1, 0.15) is 0 Å². The Kier molecular flexibility index (Phi) is 4.37. The highest BCUT2D eigenvalue weighted by Gasteiger charge is 2.18. The third-order valence-electron chi connectivity index (χ3n) is 2.88. The van der Waals surface area contributed by atoms with Crippen molar-refractivity contribution in [2.24, 2.45) is 5.73 Å². The number of nitrogens with zero attached hydrogens (tertiary/aromatic N) is 1. The van der Waals surface area contributed by atoms with E-state index in [2.05, 4.69) is 0 Å². The number of nitrogens with two attached hydrogens (primary N) is 2. The van der Waals surface area contributed by atoms with Gasteiger partial charge < -0.3 is 21.5 Å². The van der Waals surface area contributed by atoms with Crippen molar-refractivity contribution in [2.45, 2.75) is 26.8 Å². The van der Waals surface area contributed by atoms with E-state index in [0.29, 0.717) is 11.3 Å². The second-order valence-corrected chi connectivity index (χ2v) is 4.72. The lowest BCUT2D eigenvalue weighted by Crippen LogP contribution is -2.38. The van der Waals surface area contributed by atoms with Crippen molar-refractivity contribution in [3.8, 4) is 0 Å². The Morgan fingerprint density at radius 3 is 2.37 bits per heavy atom. The Morgan fingerprint density at radius 2 is 1.95 bits per heavy atom. The number of benzene rings is 1. The van der Waals surface area contributed by atoms with E-state index in [0.717, 1.165) is 0 Å². The fourth-order valence-corrected chi connectivity index (χ4v) is 1.86. The number of amides is 1. The van der Waals surface area contributed by atoms with Crippen LogP contribution in [0.3, 0.4) is 0 Å². The van der Waals surface area contributed by atoms with Crippen molar-refractivity contribution in [1.82, 2.24) is 0 Å². The summed E-state index contributed by atoms with van der Waals surface area (Å²) < 4.78 is 0. The largest absolute Gasteiger partial charge is 0.478 e. The fourth-order valence-electron chi connectivity index (χ4n) is 1.86. The molecule has 0 heterocycles. The smallest absolute Gasteiger partial charge is 0.337 e. The Morgan fingerprint density at radius 1 is 1.37 bits per heavy atom. The summed E-state index contributed by atoms with van der Waals surface area (Å²) in [6.07, 6.45) is 0. The molecular formula is C13H19N3O3. The highest BCUT2D eigenvalue weighted by molar-refractivity contribution is 5.96. The Hall–Kier alpha value is -2.24. The standard InChI is InChI=1S/C13H19N3O3/c1-7(2)16(6-11(14)17)9-4-8(3)12(15)10(5-9)13(18)19/h4-5,7H,6,15H2,1-3H3,(H2,14,17)(H,18,19). The van der Waals surface area contributed by atoms with E-state index < -0.39 is 11.9 Å². The average molecular weight is 265 g/mol. The van der Waals surface area contributed by atoms with Gasteiger partial charge in [-0.1, -0.05) is 0 Å². The minimum atomic E-state index is -1.09. The SMILES string of the molecule is Cc1cc(N(CC(N)=O)C(C)C)cc(C(=O)O)c1N. The molecule has 1 aromatic carbocycles. The molecule has 0 fully saturated rings. The van der Waals surface area contributed by atoms with Crippen LogP contribution < -0.4 is 16.4 Å². The van der Waals surface area contributed by atoms with Crippen LogP contribution in [0.25, 0.3) is 0 Å². The van der Waals surface area contributed by atoms with Gasteiger partial charge in [0.2, 0.25) is 5.91 Å². The molecule has 0 aliphatic rings. The second-order valence-electron chi connectivity index (χ2n) is 4.72. The lowest BCUT2D eigenvalue weighted by Gasteiger charge is -2.28. The number of primary amides is 1. The molecule has 1 aromatic rings. The Bertz CT molecular complexity index is 512. The number of hydrogen-bond donors (Lipinski definition) is 3. The van der Waals surface area contributed by atoms with Gasteiger partial charge in [-0.05, 0) is 38.5 Å². The second kappa shape index (κ2) is 5.60. The molecule has 0 saturated heterocycles. The van der Waals surface area contributed by atoms with E-state index in [1.54, 1.807) is 17.9 Å². The summed E-state index contributed by atoms with van der Waals surface area (Å²) in [7, 11) is 0. The zero-order valence-corrected chi connectivity index (χ0v) is 11.3. The van der Waals surface area contributed by atoms with Gasteiger partial charge in [0, 0.05) is 17.4 Å². The first kappa shape index (κ1) is 14.8. The summed E-state index contributed by atoms with van der Waals surface area (Å²) in [4.78, 5) is 24.0. The van der Waals surface area contributed by atoms with Gasteiger partial charge in [-0.15, -0.1) is 0 Å². The molecule has 0 bridgehead atoms. The molecule has 0 spiro atoms. The average Bonchev–Trinajstić information content (AvgIpc) is 2.28. The van der Waals surface area contributed by atoms with Crippen LogP contribution in [-0.2, 0) is 4.79 Å². The summed E-state index contributed by atoms with van der Waals surface area (Å²) in [5.74, 6) is -1.56. The number of hydrogen-bond acceptors (Lipinski definition) is 4. The van der Waals surface area contributed by atoms with Crippen LogP contribution in [0, 0.1) is 6.92 Å². The quantitative estimate of drug-likeness (QED) is 0.687. The Labute approximate surface area is 112 Å². The topological polar surface area (TPSA) is 110 Å². The van der Waals surface area contributed by atoms with Crippen molar-refractivity contribution in [1.29, 1.82) is 0 Å². The third kappa shape index (κ3) is 3.37. The van der Waals surface area contributed by atoms with Crippen molar-refractivity contribution >= 4 is 23.3 Å². The number of carbonyl (C=O) groups is 2. The molecule has 0 aliphatic carbocycles. The molecule has 19 heavy (non-hydrogen) atoms. The highest BCUT2D eigenvalue weighted by Crippen LogP contribution is 2.26. The first-order chi connectivity index (χ1) is 8.73. The Balaban J connectivity index is 3.31. The fraction of sp³-hybridized carbons (Fsp3) is 0.385. The van der Waals surface area contributed by atoms with E-state index in [1.807, 2.05) is 13.8 Å². The summed E-state index contributed by atoms with van der Waals surface area (Å²) in [5.41, 5.74) is 12.5. The minimum Gasteiger partial charge on any atom is -0.478 e. The van der Waals surface area contributed by atoms with E-state index in [-0.39, 0.29) is 23.8 Å². The van der Waals surface area contributed by atoms with Gasteiger partial charge in [-0.2, -0.15) is 0 Å². The van der Waals surface area contributed by atoms with Gasteiger partial charge in [-0.25, -0.2) is 4.79 Å². The number of carbonyl (C=O) groups excluding carboxylic acids is 1. The van der Waals surface area contributed by atoms with E-state index in [9.17, 15) is 9.59 Å². The van der Waals surface area contributed by atoms with Crippen LogP contribution in [0.2, 0.25) is 0 Å². The first-order valence-corrected chi connectivity index (χ1v) is 5.92. The van der Waals surface area contributed by atoms with Crippen LogP contribution in [0.1, 0.15) is 29.8 Å². The third-order valence-corrected chi connectivity index (χ3v) is 2.88. The van der Waals surface area contributed by atoms with Crippen LogP contribution in [0.5, 0.6) is 0 Å². The molecule has 104 valence electrons. The lowest BCUT2D eigenvalue weighted by molar-refractivity contribution is -0.116. The summed E-state index contributed by atoms with van der Waals surface area (Å²) >= 11 is 0. The van der Waals surface area contributed by atoms with Crippen molar-refractivity contribution in [3.05, 3.63) is 23.3 Å². The van der Waals surface area contributed by atoms with Crippen molar-refractivity contribution in [2.75, 3.05) is 17.2 Å². The van der Waals surface area contributed by atoms with Crippen LogP contribution in [0.15, 0.2) is 12.1 Å². The lowest BCUT2D eigenvalue weighted by atomic mass is 10.1. The number of anilines is 2. The summed E-state index contributed by atoms with van der Waals surface area (Å²) in [6, 6.07) is 3.23. The minimum absolute atomic E-state index is 0.0113. The molecule has 0 aliphatic heterocycles. The molecule has 5 N–H and O–H groups in total. The first-order valence-electron chi connectivity index (χ1n) is 5.92. The zero-order chi connectivity index (χ0) is 14.7. The molecular weight excluding hydrogens is 246 g/mol. The van der Waals surface area contributed by atoms with E-state index >= 15 is 0 Å². The molecule has 0 saturated carbocycles. The van der Waals surface area contributed by atoms with Crippen molar-refractivity contribution < 1.29 is 14.7 Å². The maximum atomic E-state index is 11.2. The molecule has 6 heteroatoms. The zero-order valence-electron chi connectivity index (χ0n) is 11.3. The number of carboxylic acids is 1. The molecule has 0 unspecified atom stereocenters. The van der Waals surface area contributed by atoms with Crippen LogP contribution >= 0.6 is 0 Å².